The predicted molar refractivity (Wildman–Crippen MR) is 78.1 cm³/mol. The van der Waals surface area contributed by atoms with Gasteiger partial charge in [0.2, 0.25) is 5.95 Å². The lowest BCUT2D eigenvalue weighted by atomic mass is 10.3. The van der Waals surface area contributed by atoms with Gasteiger partial charge in [0.05, 0.1) is 12.3 Å². The van der Waals surface area contributed by atoms with Crippen molar-refractivity contribution in [3.8, 4) is 11.4 Å². The van der Waals surface area contributed by atoms with Crippen LogP contribution in [0.3, 0.4) is 0 Å². The summed E-state index contributed by atoms with van der Waals surface area (Å²) in [6, 6.07) is 8.04. The molecule has 2 rings (SSSR count). The van der Waals surface area contributed by atoms with Crippen molar-refractivity contribution in [1.29, 1.82) is 0 Å². The number of imidazole rings is 1. The third-order valence-corrected chi connectivity index (χ3v) is 2.86. The van der Waals surface area contributed by atoms with Crippen LogP contribution in [0.1, 0.15) is 26.7 Å². The van der Waals surface area contributed by atoms with Crippen molar-refractivity contribution in [2.24, 2.45) is 0 Å². The van der Waals surface area contributed by atoms with Crippen LogP contribution in [0, 0.1) is 0 Å². The number of hydrogen-bond acceptors (Lipinski definition) is 3. The van der Waals surface area contributed by atoms with Gasteiger partial charge in [0, 0.05) is 25.0 Å². The molecule has 4 nitrogen and oxygen atoms in total. The minimum atomic E-state index is 0.676. The Morgan fingerprint density at radius 1 is 1.32 bits per heavy atom. The Labute approximate surface area is 114 Å². The molecule has 1 N–H and O–H groups in total. The zero-order valence-corrected chi connectivity index (χ0v) is 11.6. The second-order valence-corrected chi connectivity index (χ2v) is 4.33. The fraction of sp³-hybridized carbons (Fsp3) is 0.400. The molecule has 2 aromatic rings. The highest BCUT2D eigenvalue weighted by molar-refractivity contribution is 5.45. The van der Waals surface area contributed by atoms with E-state index >= 15 is 0 Å². The molecule has 0 aliphatic heterocycles. The number of nitrogens with one attached hydrogen (secondary N) is 1. The summed E-state index contributed by atoms with van der Waals surface area (Å²) in [5.74, 6) is 1.76. The van der Waals surface area contributed by atoms with Gasteiger partial charge < -0.3 is 10.1 Å². The van der Waals surface area contributed by atoms with Gasteiger partial charge in [0.1, 0.15) is 5.75 Å². The first kappa shape index (κ1) is 13.5. The molecule has 0 radical (unpaired) electrons. The van der Waals surface area contributed by atoms with Crippen LogP contribution >= 0.6 is 0 Å². The Hall–Kier alpha value is -1.97. The van der Waals surface area contributed by atoms with Gasteiger partial charge in [0.15, 0.2) is 0 Å². The van der Waals surface area contributed by atoms with Gasteiger partial charge in [-0.2, -0.15) is 0 Å². The lowest BCUT2D eigenvalue weighted by molar-refractivity contribution is 0.340. The largest absolute Gasteiger partial charge is 0.494 e. The van der Waals surface area contributed by atoms with Crippen molar-refractivity contribution >= 4 is 5.95 Å². The van der Waals surface area contributed by atoms with Crippen LogP contribution in [0.25, 0.3) is 5.69 Å². The fourth-order valence-corrected chi connectivity index (χ4v) is 1.91. The highest BCUT2D eigenvalue weighted by Gasteiger charge is 2.05. The molecule has 19 heavy (non-hydrogen) atoms. The van der Waals surface area contributed by atoms with Crippen molar-refractivity contribution in [1.82, 2.24) is 9.55 Å². The minimum absolute atomic E-state index is 0.676. The minimum Gasteiger partial charge on any atom is -0.494 e. The van der Waals surface area contributed by atoms with Crippen LogP contribution < -0.4 is 10.1 Å². The summed E-state index contributed by atoms with van der Waals surface area (Å²) in [5.41, 5.74) is 1.06. The van der Waals surface area contributed by atoms with Gasteiger partial charge in [-0.1, -0.05) is 19.4 Å². The van der Waals surface area contributed by atoms with E-state index in [0.717, 1.165) is 30.4 Å². The van der Waals surface area contributed by atoms with Crippen LogP contribution in [0.2, 0.25) is 0 Å². The van der Waals surface area contributed by atoms with E-state index in [4.69, 9.17) is 4.74 Å². The number of unbranched alkanes of at least 4 members (excludes halogenated alkanes) is 1. The number of ether oxygens (including phenoxy) is 1. The molecule has 0 spiro atoms. The van der Waals surface area contributed by atoms with Gasteiger partial charge in [-0.15, -0.1) is 0 Å². The fourth-order valence-electron chi connectivity index (χ4n) is 1.91. The summed E-state index contributed by atoms with van der Waals surface area (Å²) in [5, 5.41) is 3.36. The summed E-state index contributed by atoms with van der Waals surface area (Å²) in [7, 11) is 0. The summed E-state index contributed by atoms with van der Waals surface area (Å²) in [6.07, 6.45) is 6.08. The van der Waals surface area contributed by atoms with E-state index in [1.165, 1.54) is 6.42 Å². The van der Waals surface area contributed by atoms with Crippen LogP contribution in [0.5, 0.6) is 5.75 Å². The molecule has 0 aliphatic rings. The van der Waals surface area contributed by atoms with E-state index in [9.17, 15) is 0 Å². The average molecular weight is 259 g/mol. The zero-order chi connectivity index (χ0) is 13.5. The van der Waals surface area contributed by atoms with E-state index in [2.05, 4.69) is 23.3 Å². The van der Waals surface area contributed by atoms with Gasteiger partial charge >= 0.3 is 0 Å². The number of rotatable bonds is 7. The van der Waals surface area contributed by atoms with Crippen LogP contribution in [0.4, 0.5) is 5.95 Å². The van der Waals surface area contributed by atoms with E-state index in [-0.39, 0.29) is 0 Å². The lowest BCUT2D eigenvalue weighted by Gasteiger charge is -2.11. The van der Waals surface area contributed by atoms with E-state index in [1.807, 2.05) is 42.1 Å². The van der Waals surface area contributed by atoms with Crippen molar-refractivity contribution < 1.29 is 4.74 Å². The standard InChI is InChI=1S/C15H21N3O/c1-3-5-9-16-15-17-10-11-18(15)13-7-6-8-14(12-13)19-4-2/h6-8,10-12H,3-5,9H2,1-2H3,(H,16,17). The molecule has 0 bridgehead atoms. The first-order chi connectivity index (χ1) is 9.35. The molecule has 0 atom stereocenters. The smallest absolute Gasteiger partial charge is 0.207 e. The Bertz CT molecular complexity index is 508. The Morgan fingerprint density at radius 3 is 3.00 bits per heavy atom. The Morgan fingerprint density at radius 2 is 2.21 bits per heavy atom. The highest BCUT2D eigenvalue weighted by atomic mass is 16.5. The quantitative estimate of drug-likeness (QED) is 0.774. The third-order valence-electron chi connectivity index (χ3n) is 2.86. The van der Waals surface area contributed by atoms with Gasteiger partial charge in [-0.25, -0.2) is 4.98 Å². The van der Waals surface area contributed by atoms with Gasteiger partial charge in [-0.3, -0.25) is 4.57 Å². The maximum absolute atomic E-state index is 5.53. The summed E-state index contributed by atoms with van der Waals surface area (Å²) in [6.45, 7) is 5.79. The normalized spacial score (nSPS) is 10.4. The van der Waals surface area contributed by atoms with Crippen LogP contribution in [0.15, 0.2) is 36.7 Å². The topological polar surface area (TPSA) is 39.1 Å². The maximum Gasteiger partial charge on any atom is 0.207 e. The molecule has 1 aromatic heterocycles. The molecule has 0 fully saturated rings. The monoisotopic (exact) mass is 259 g/mol. The molecule has 1 aromatic carbocycles. The number of nitrogens with zero attached hydrogens (tertiary/aromatic N) is 2. The van der Waals surface area contributed by atoms with Crippen molar-refractivity contribution in [2.75, 3.05) is 18.5 Å². The highest BCUT2D eigenvalue weighted by Crippen LogP contribution is 2.20. The van der Waals surface area contributed by atoms with Crippen LogP contribution in [-0.4, -0.2) is 22.7 Å². The Kier molecular flexibility index (Phi) is 4.84. The molecular formula is C15H21N3O. The van der Waals surface area contributed by atoms with Crippen molar-refractivity contribution in [3.05, 3.63) is 36.7 Å². The molecule has 0 saturated carbocycles. The SMILES string of the molecule is CCCCNc1nccn1-c1cccc(OCC)c1. The summed E-state index contributed by atoms with van der Waals surface area (Å²) in [4.78, 5) is 4.35. The summed E-state index contributed by atoms with van der Waals surface area (Å²) < 4.78 is 7.57. The van der Waals surface area contributed by atoms with E-state index < -0.39 is 0 Å². The molecule has 0 saturated heterocycles. The molecule has 0 unspecified atom stereocenters. The van der Waals surface area contributed by atoms with Crippen molar-refractivity contribution in [2.45, 2.75) is 26.7 Å². The second-order valence-electron chi connectivity index (χ2n) is 4.33. The van der Waals surface area contributed by atoms with E-state index in [0.29, 0.717) is 6.61 Å². The zero-order valence-electron chi connectivity index (χ0n) is 11.6. The lowest BCUT2D eigenvalue weighted by Crippen LogP contribution is -2.07. The summed E-state index contributed by atoms with van der Waals surface area (Å²) >= 11 is 0. The Balaban J connectivity index is 2.16. The maximum atomic E-state index is 5.53. The van der Waals surface area contributed by atoms with Crippen LogP contribution in [-0.2, 0) is 0 Å². The molecule has 0 amide bonds. The molecule has 102 valence electrons. The third kappa shape index (κ3) is 3.50. The van der Waals surface area contributed by atoms with Gasteiger partial charge in [0.25, 0.3) is 0 Å². The molecular weight excluding hydrogens is 238 g/mol. The van der Waals surface area contributed by atoms with Crippen molar-refractivity contribution in [3.63, 3.8) is 0 Å². The first-order valence-electron chi connectivity index (χ1n) is 6.85. The number of benzene rings is 1. The number of anilines is 1. The second kappa shape index (κ2) is 6.83. The molecule has 0 aliphatic carbocycles. The average Bonchev–Trinajstić information content (AvgIpc) is 2.88. The first-order valence-corrected chi connectivity index (χ1v) is 6.85. The molecule has 4 heteroatoms. The number of hydrogen-bond donors (Lipinski definition) is 1. The predicted octanol–water partition coefficient (Wildman–Crippen LogP) is 3.48. The van der Waals surface area contributed by atoms with Gasteiger partial charge in [-0.05, 0) is 25.5 Å². The number of aromatic nitrogens is 2. The molecule has 1 heterocycles. The van der Waals surface area contributed by atoms with E-state index in [1.54, 1.807) is 0 Å².